The number of aliphatic carboxylic acids is 1. The van der Waals surface area contributed by atoms with Gasteiger partial charge >= 0.3 is 52.0 Å². The van der Waals surface area contributed by atoms with Gasteiger partial charge in [0.1, 0.15) is 6.61 Å². The van der Waals surface area contributed by atoms with E-state index in [0.717, 1.165) is 6.42 Å². The van der Waals surface area contributed by atoms with E-state index in [-0.39, 0.29) is 6.61 Å². The summed E-state index contributed by atoms with van der Waals surface area (Å²) in [7, 11) is 0. The first kappa shape index (κ1) is 38.3. The smallest absolute Gasteiger partial charge is 0.336 e. The van der Waals surface area contributed by atoms with E-state index in [2.05, 4.69) is 0 Å². The first-order valence-corrected chi connectivity index (χ1v) is 14.8. The van der Waals surface area contributed by atoms with E-state index in [0.29, 0.717) is 33.8 Å². The molecule has 0 atom stereocenters. The summed E-state index contributed by atoms with van der Waals surface area (Å²) < 4.78 is 13.4. The third kappa shape index (κ3) is 10.6. The molecule has 2 aromatic rings. The molecule has 0 saturated heterocycles. The van der Waals surface area contributed by atoms with Crippen LogP contribution in [0.3, 0.4) is 0 Å². The molecule has 47 heavy (non-hydrogen) atoms. The van der Waals surface area contributed by atoms with Gasteiger partial charge in [0.05, 0.1) is 57.7 Å². The Morgan fingerprint density at radius 1 is 0.617 bits per heavy atom. The number of ether oxygens (including phenoxy) is 2. The van der Waals surface area contributed by atoms with E-state index >= 15 is 0 Å². The second-order valence-corrected chi connectivity index (χ2v) is 11.0. The molecule has 0 aliphatic carbocycles. The monoisotopic (exact) mass is 672 g/mol. The largest absolute Gasteiger partial charge is 0.481 e. The molecule has 0 saturated carbocycles. The zero-order valence-electron chi connectivity index (χ0n) is 26.4. The van der Waals surface area contributed by atoms with Gasteiger partial charge in [-0.1, -0.05) is 13.3 Å². The van der Waals surface area contributed by atoms with E-state index in [1.807, 2.05) is 6.92 Å². The molecule has 0 aromatic carbocycles. The lowest BCUT2D eigenvalue weighted by molar-refractivity contribution is -0.145. The van der Waals surface area contributed by atoms with Gasteiger partial charge in [-0.15, -0.1) is 0 Å². The SMILES string of the molecule is CCCCOC(=O)CCn1c(=O)n(CCC(=O)O)c(=O)n(CCC(=O)OCCn2c(=O)n(CCO)c(=O)n(CC(C)(C)O)c2=O)c1=O. The lowest BCUT2D eigenvalue weighted by Crippen LogP contribution is -2.56. The molecule has 3 N–H and O–H groups in total. The lowest BCUT2D eigenvalue weighted by Gasteiger charge is -2.20. The number of rotatable bonds is 19. The summed E-state index contributed by atoms with van der Waals surface area (Å²) in [5.41, 5.74) is -8.28. The predicted octanol–water partition coefficient (Wildman–Crippen LogP) is -3.74. The number of carbonyl (C=O) groups is 3. The highest BCUT2D eigenvalue weighted by Gasteiger charge is 2.22. The van der Waals surface area contributed by atoms with Crippen molar-refractivity contribution in [1.29, 1.82) is 0 Å². The van der Waals surface area contributed by atoms with E-state index in [4.69, 9.17) is 14.6 Å². The number of hydrogen-bond donors (Lipinski definition) is 3. The van der Waals surface area contributed by atoms with Crippen molar-refractivity contribution in [2.75, 3.05) is 19.8 Å². The molecule has 0 aliphatic heterocycles. The Hall–Kier alpha value is -4.85. The Labute approximate surface area is 265 Å². The minimum atomic E-state index is -1.53. The summed E-state index contributed by atoms with van der Waals surface area (Å²) in [5, 5.41) is 28.4. The zero-order valence-corrected chi connectivity index (χ0v) is 26.4. The van der Waals surface area contributed by atoms with Crippen LogP contribution in [0.2, 0.25) is 0 Å². The Balaban J connectivity index is 2.27. The summed E-state index contributed by atoms with van der Waals surface area (Å²) in [6.45, 7) is 0.286. The summed E-state index contributed by atoms with van der Waals surface area (Å²) >= 11 is 0. The molecule has 0 bridgehead atoms. The molecule has 0 amide bonds. The topological polar surface area (TPSA) is 262 Å². The van der Waals surface area contributed by atoms with Gasteiger partial charge in [0.2, 0.25) is 0 Å². The molecule has 0 fully saturated rings. The van der Waals surface area contributed by atoms with Crippen molar-refractivity contribution in [3.63, 3.8) is 0 Å². The molecule has 20 nitrogen and oxygen atoms in total. The third-order valence-electron chi connectivity index (χ3n) is 6.61. The summed E-state index contributed by atoms with van der Waals surface area (Å²) in [4.78, 5) is 113. The van der Waals surface area contributed by atoms with Gasteiger partial charge in [-0.25, -0.2) is 56.2 Å². The molecule has 0 unspecified atom stereocenters. The fourth-order valence-corrected chi connectivity index (χ4v) is 4.28. The van der Waals surface area contributed by atoms with Crippen LogP contribution in [0.15, 0.2) is 28.8 Å². The molecule has 0 spiro atoms. The molecule has 2 aromatic heterocycles. The van der Waals surface area contributed by atoms with Crippen molar-refractivity contribution in [2.45, 2.75) is 97.7 Å². The Bertz CT molecular complexity index is 1800. The van der Waals surface area contributed by atoms with E-state index in [1.54, 1.807) is 0 Å². The standard InChI is InChI=1S/C27H40N6O14/c1-4-5-15-46-19(37)7-10-29-21(39)28(9-6-18(35)36)22(40)30(23(29)41)11-8-20(38)47-16-13-32-24(42)31(12-14-34)25(43)33(26(32)44)17-27(2,3)45/h34,45H,4-17H2,1-3H3,(H,35,36). The van der Waals surface area contributed by atoms with Gasteiger partial charge in [0.25, 0.3) is 0 Å². The summed E-state index contributed by atoms with van der Waals surface area (Å²) in [6.07, 6.45) is -0.304. The van der Waals surface area contributed by atoms with E-state index < -0.39 is 129 Å². The number of nitrogens with zero attached hydrogens (tertiary/aromatic N) is 6. The zero-order chi connectivity index (χ0) is 35.5. The number of hydrogen-bond acceptors (Lipinski definition) is 13. The molecule has 20 heteroatoms. The van der Waals surface area contributed by atoms with Gasteiger partial charge in [0, 0.05) is 19.6 Å². The van der Waals surface area contributed by atoms with E-state index in [1.165, 1.54) is 13.8 Å². The Kier molecular flexibility index (Phi) is 14.0. The molecule has 2 rings (SSSR count). The average molecular weight is 673 g/mol. The molecule has 2 heterocycles. The van der Waals surface area contributed by atoms with Crippen LogP contribution in [0.25, 0.3) is 0 Å². The average Bonchev–Trinajstić information content (AvgIpc) is 2.98. The Morgan fingerprint density at radius 2 is 1.00 bits per heavy atom. The number of esters is 2. The predicted molar refractivity (Wildman–Crippen MR) is 160 cm³/mol. The minimum Gasteiger partial charge on any atom is -0.481 e. The van der Waals surface area contributed by atoms with Crippen LogP contribution in [0.4, 0.5) is 0 Å². The van der Waals surface area contributed by atoms with Crippen LogP contribution >= 0.6 is 0 Å². The van der Waals surface area contributed by atoms with Crippen LogP contribution in [0.5, 0.6) is 0 Å². The lowest BCUT2D eigenvalue weighted by atomic mass is 10.1. The summed E-state index contributed by atoms with van der Waals surface area (Å²) in [6, 6.07) is 0. The highest BCUT2D eigenvalue weighted by molar-refractivity contribution is 5.69. The molecule has 0 aliphatic rings. The number of carboxylic acids is 1. The number of unbranched alkanes of at least 4 members (excludes halogenated alkanes) is 1. The van der Waals surface area contributed by atoms with Crippen molar-refractivity contribution in [1.82, 2.24) is 27.4 Å². The fourth-order valence-electron chi connectivity index (χ4n) is 4.28. The maximum absolute atomic E-state index is 13.1. The normalized spacial score (nSPS) is 11.4. The van der Waals surface area contributed by atoms with Crippen molar-refractivity contribution >= 4 is 17.9 Å². The van der Waals surface area contributed by atoms with Crippen LogP contribution in [-0.2, 0) is 63.1 Å². The highest BCUT2D eigenvalue weighted by atomic mass is 16.5. The second kappa shape index (κ2) is 17.2. The molecular weight excluding hydrogens is 632 g/mol. The van der Waals surface area contributed by atoms with Crippen LogP contribution in [0, 0.1) is 0 Å². The number of carboxylic acid groups (broad SMARTS) is 1. The van der Waals surface area contributed by atoms with Crippen molar-refractivity contribution in [2.24, 2.45) is 0 Å². The van der Waals surface area contributed by atoms with Crippen LogP contribution in [-0.4, -0.2) is 86.1 Å². The first-order valence-electron chi connectivity index (χ1n) is 14.8. The van der Waals surface area contributed by atoms with Gasteiger partial charge in [-0.3, -0.25) is 14.4 Å². The summed E-state index contributed by atoms with van der Waals surface area (Å²) in [5.74, 6) is -3.04. The maximum Gasteiger partial charge on any atom is 0.336 e. The first-order chi connectivity index (χ1) is 22.0. The third-order valence-corrected chi connectivity index (χ3v) is 6.61. The molecule has 0 radical (unpaired) electrons. The number of aromatic nitrogens is 6. The van der Waals surface area contributed by atoms with Crippen LogP contribution < -0.4 is 34.1 Å². The van der Waals surface area contributed by atoms with Gasteiger partial charge < -0.3 is 24.8 Å². The highest BCUT2D eigenvalue weighted by Crippen LogP contribution is 2.01. The number of aliphatic hydroxyl groups is 2. The fraction of sp³-hybridized carbons (Fsp3) is 0.667. The van der Waals surface area contributed by atoms with Crippen LogP contribution in [0.1, 0.15) is 52.9 Å². The van der Waals surface area contributed by atoms with Crippen molar-refractivity contribution in [3.8, 4) is 0 Å². The van der Waals surface area contributed by atoms with Crippen molar-refractivity contribution in [3.05, 3.63) is 62.9 Å². The molecule has 262 valence electrons. The van der Waals surface area contributed by atoms with Gasteiger partial charge in [-0.05, 0) is 20.3 Å². The number of aliphatic hydroxyl groups excluding tert-OH is 1. The quantitative estimate of drug-likeness (QED) is 0.0957. The van der Waals surface area contributed by atoms with Crippen molar-refractivity contribution < 1.29 is 39.2 Å². The molecular formula is C27H40N6O14. The van der Waals surface area contributed by atoms with E-state index in [9.17, 15) is 53.4 Å². The minimum absolute atomic E-state index is 0.132. The number of carbonyl (C=O) groups excluding carboxylic acids is 2. The van der Waals surface area contributed by atoms with Gasteiger partial charge in [0.15, 0.2) is 0 Å². The second-order valence-electron chi connectivity index (χ2n) is 11.0. The Morgan fingerprint density at radius 3 is 1.40 bits per heavy atom. The maximum atomic E-state index is 13.1. The van der Waals surface area contributed by atoms with Gasteiger partial charge in [-0.2, -0.15) is 0 Å².